The first-order valence-corrected chi connectivity index (χ1v) is 6.16. The number of aliphatic hydroxyl groups is 1. The maximum absolute atomic E-state index is 11.8. The van der Waals surface area contributed by atoms with E-state index in [-0.39, 0.29) is 19.0 Å². The smallest absolute Gasteiger partial charge is 0.493 e. The van der Waals surface area contributed by atoms with Crippen molar-refractivity contribution < 1.29 is 32.5 Å². The first-order valence-electron chi connectivity index (χ1n) is 6.16. The summed E-state index contributed by atoms with van der Waals surface area (Å²) in [4.78, 5) is 0. The molecule has 0 spiro atoms. The van der Waals surface area contributed by atoms with Crippen LogP contribution in [0.1, 0.15) is 18.9 Å². The minimum atomic E-state index is -4.67. The van der Waals surface area contributed by atoms with Crippen LogP contribution in [-0.4, -0.2) is 31.3 Å². The van der Waals surface area contributed by atoms with Crippen molar-refractivity contribution in [2.75, 3.05) is 19.8 Å². The van der Waals surface area contributed by atoms with Crippen molar-refractivity contribution in [3.8, 4) is 11.5 Å². The van der Waals surface area contributed by atoms with Crippen LogP contribution < -0.4 is 9.47 Å². The Kier molecular flexibility index (Phi) is 6.60. The van der Waals surface area contributed by atoms with Gasteiger partial charge in [0.05, 0.1) is 19.8 Å². The lowest BCUT2D eigenvalue weighted by Gasteiger charge is -2.13. The second-order valence-corrected chi connectivity index (χ2v) is 3.92. The minimum absolute atomic E-state index is 0.274. The van der Waals surface area contributed by atoms with Gasteiger partial charge in [-0.05, 0) is 18.6 Å². The van der Waals surface area contributed by atoms with Crippen LogP contribution in [0.4, 0.5) is 13.2 Å². The van der Waals surface area contributed by atoms with Crippen molar-refractivity contribution >= 4 is 0 Å². The molecule has 0 aliphatic rings. The van der Waals surface area contributed by atoms with Gasteiger partial charge in [-0.15, -0.1) is 13.2 Å². The van der Waals surface area contributed by atoms with Crippen LogP contribution in [-0.2, 0) is 11.3 Å². The summed E-state index contributed by atoms with van der Waals surface area (Å²) >= 11 is 0. The summed E-state index contributed by atoms with van der Waals surface area (Å²) in [6.07, 6.45) is -3.84. The second kappa shape index (κ2) is 7.96. The van der Waals surface area contributed by atoms with Crippen LogP contribution in [0, 0.1) is 0 Å². The molecule has 0 aliphatic carbocycles. The fourth-order valence-electron chi connectivity index (χ4n) is 1.42. The van der Waals surface area contributed by atoms with Gasteiger partial charge < -0.3 is 14.6 Å². The molecule has 0 radical (unpaired) electrons. The third-order valence-electron chi connectivity index (χ3n) is 2.29. The fourth-order valence-corrected chi connectivity index (χ4v) is 1.42. The van der Waals surface area contributed by atoms with Crippen LogP contribution in [0.3, 0.4) is 0 Å². The Hall–Kier alpha value is -1.47. The maximum atomic E-state index is 11.8. The molecule has 0 aromatic heterocycles. The summed E-state index contributed by atoms with van der Waals surface area (Å²) in [5.41, 5.74) is 0.473. The van der Waals surface area contributed by atoms with Crippen LogP contribution in [0.15, 0.2) is 18.2 Å². The molecular weight excluding hydrogens is 277 g/mol. The van der Waals surface area contributed by atoms with Crippen LogP contribution >= 0.6 is 0 Å². The molecule has 0 aliphatic heterocycles. The van der Waals surface area contributed by atoms with Crippen molar-refractivity contribution in [1.29, 1.82) is 0 Å². The highest BCUT2D eigenvalue weighted by Gasteiger charge is 2.28. The SMILES string of the molecule is CCCOc1ccc(CO)c(OCCOC(F)(F)F)c1. The lowest BCUT2D eigenvalue weighted by atomic mass is 10.2. The topological polar surface area (TPSA) is 47.9 Å². The normalized spacial score (nSPS) is 11.4. The summed E-state index contributed by atoms with van der Waals surface area (Å²) in [5, 5.41) is 9.14. The summed E-state index contributed by atoms with van der Waals surface area (Å²) in [7, 11) is 0. The van der Waals surface area contributed by atoms with Crippen LogP contribution in [0.25, 0.3) is 0 Å². The van der Waals surface area contributed by atoms with E-state index in [2.05, 4.69) is 4.74 Å². The van der Waals surface area contributed by atoms with Gasteiger partial charge in [0.1, 0.15) is 18.1 Å². The average molecular weight is 294 g/mol. The van der Waals surface area contributed by atoms with Gasteiger partial charge in [-0.2, -0.15) is 0 Å². The zero-order valence-electron chi connectivity index (χ0n) is 11.1. The van der Waals surface area contributed by atoms with Crippen LogP contribution in [0.2, 0.25) is 0 Å². The molecule has 0 unspecified atom stereocenters. The number of halogens is 3. The molecule has 0 saturated heterocycles. The summed E-state index contributed by atoms with van der Waals surface area (Å²) in [5.74, 6) is 0.822. The lowest BCUT2D eigenvalue weighted by molar-refractivity contribution is -0.325. The molecule has 0 fully saturated rings. The molecule has 0 amide bonds. The Morgan fingerprint density at radius 2 is 1.85 bits per heavy atom. The van der Waals surface area contributed by atoms with Gasteiger partial charge in [-0.1, -0.05) is 6.92 Å². The highest BCUT2D eigenvalue weighted by atomic mass is 19.4. The van der Waals surface area contributed by atoms with Crippen molar-refractivity contribution in [3.63, 3.8) is 0 Å². The van der Waals surface area contributed by atoms with Gasteiger partial charge in [0.25, 0.3) is 0 Å². The van der Waals surface area contributed by atoms with Gasteiger partial charge in [0.2, 0.25) is 0 Å². The van der Waals surface area contributed by atoms with E-state index >= 15 is 0 Å². The molecular formula is C13H17F3O4. The van der Waals surface area contributed by atoms with E-state index in [0.717, 1.165) is 6.42 Å². The van der Waals surface area contributed by atoms with Gasteiger partial charge in [0, 0.05) is 11.6 Å². The third-order valence-corrected chi connectivity index (χ3v) is 2.29. The highest BCUT2D eigenvalue weighted by Crippen LogP contribution is 2.25. The minimum Gasteiger partial charge on any atom is -0.493 e. The molecule has 20 heavy (non-hydrogen) atoms. The second-order valence-electron chi connectivity index (χ2n) is 3.92. The molecule has 0 heterocycles. The molecule has 7 heteroatoms. The quantitative estimate of drug-likeness (QED) is 0.749. The van der Waals surface area contributed by atoms with E-state index in [1.165, 1.54) is 6.07 Å². The Balaban J connectivity index is 2.57. The number of ether oxygens (including phenoxy) is 3. The van der Waals surface area contributed by atoms with Gasteiger partial charge in [-0.25, -0.2) is 0 Å². The van der Waals surface area contributed by atoms with Gasteiger partial charge in [-0.3, -0.25) is 4.74 Å². The molecule has 4 nitrogen and oxygen atoms in total. The predicted octanol–water partition coefficient (Wildman–Crippen LogP) is 2.88. The van der Waals surface area contributed by atoms with E-state index in [4.69, 9.17) is 14.6 Å². The van der Waals surface area contributed by atoms with E-state index in [1.807, 2.05) is 6.92 Å². The standard InChI is InChI=1S/C13H17F3O4/c1-2-5-18-11-4-3-10(9-17)12(8-11)19-6-7-20-13(14,15)16/h3-4,8,17H,2,5-7,9H2,1H3. The average Bonchev–Trinajstić information content (AvgIpc) is 2.40. The maximum Gasteiger partial charge on any atom is 0.522 e. The van der Waals surface area contributed by atoms with Crippen molar-refractivity contribution in [2.45, 2.75) is 26.3 Å². The molecule has 114 valence electrons. The summed E-state index contributed by atoms with van der Waals surface area (Å²) in [6, 6.07) is 4.81. The van der Waals surface area contributed by atoms with E-state index in [0.29, 0.717) is 17.9 Å². The molecule has 0 atom stereocenters. The van der Waals surface area contributed by atoms with E-state index < -0.39 is 13.0 Å². The zero-order chi connectivity index (χ0) is 15.0. The number of aliphatic hydroxyl groups excluding tert-OH is 1. The number of benzene rings is 1. The monoisotopic (exact) mass is 294 g/mol. The molecule has 0 bridgehead atoms. The first kappa shape index (κ1) is 16.6. The zero-order valence-corrected chi connectivity index (χ0v) is 11.1. The Labute approximate surface area is 115 Å². The number of hydrogen-bond donors (Lipinski definition) is 1. The lowest BCUT2D eigenvalue weighted by Crippen LogP contribution is -2.18. The van der Waals surface area contributed by atoms with Crippen LogP contribution in [0.5, 0.6) is 11.5 Å². The number of hydrogen-bond acceptors (Lipinski definition) is 4. The van der Waals surface area contributed by atoms with Gasteiger partial charge >= 0.3 is 6.36 Å². The first-order chi connectivity index (χ1) is 9.46. The number of rotatable bonds is 8. The van der Waals surface area contributed by atoms with Crippen molar-refractivity contribution in [1.82, 2.24) is 0 Å². The third kappa shape index (κ3) is 6.12. The Bertz CT molecular complexity index is 407. The summed E-state index contributed by atoms with van der Waals surface area (Å²) in [6.45, 7) is 1.31. The summed E-state index contributed by atoms with van der Waals surface area (Å²) < 4.78 is 49.5. The van der Waals surface area contributed by atoms with E-state index in [1.54, 1.807) is 12.1 Å². The fraction of sp³-hybridized carbons (Fsp3) is 0.538. The van der Waals surface area contributed by atoms with Crippen molar-refractivity contribution in [2.24, 2.45) is 0 Å². The highest BCUT2D eigenvalue weighted by molar-refractivity contribution is 5.40. The predicted molar refractivity (Wildman–Crippen MR) is 65.7 cm³/mol. The molecule has 1 aromatic carbocycles. The Morgan fingerprint density at radius 3 is 2.45 bits per heavy atom. The number of alkyl halides is 3. The molecule has 0 saturated carbocycles. The molecule has 1 rings (SSSR count). The van der Waals surface area contributed by atoms with Gasteiger partial charge in [0.15, 0.2) is 0 Å². The molecule has 1 N–H and O–H groups in total. The van der Waals surface area contributed by atoms with Crippen molar-refractivity contribution in [3.05, 3.63) is 23.8 Å². The largest absolute Gasteiger partial charge is 0.522 e. The molecule has 1 aromatic rings. The Morgan fingerprint density at radius 1 is 1.10 bits per heavy atom. The van der Waals surface area contributed by atoms with E-state index in [9.17, 15) is 13.2 Å².